The average Bonchev–Trinajstić information content (AvgIpc) is 3.31. The minimum absolute atomic E-state index is 0.139. The maximum absolute atomic E-state index is 12.6. The van der Waals surface area contributed by atoms with Crippen molar-refractivity contribution in [3.63, 3.8) is 0 Å². The fourth-order valence-corrected chi connectivity index (χ4v) is 4.02. The van der Waals surface area contributed by atoms with Gasteiger partial charge in [-0.2, -0.15) is 5.10 Å². The molecule has 6 nitrogen and oxygen atoms in total. The van der Waals surface area contributed by atoms with Gasteiger partial charge in [0.05, 0.1) is 11.4 Å². The maximum atomic E-state index is 12.6. The van der Waals surface area contributed by atoms with E-state index >= 15 is 0 Å². The van der Waals surface area contributed by atoms with Gasteiger partial charge in [-0.25, -0.2) is 5.01 Å². The van der Waals surface area contributed by atoms with Crippen LogP contribution in [0, 0.1) is 0 Å². The van der Waals surface area contributed by atoms with E-state index in [-0.39, 0.29) is 17.0 Å². The number of thioether (sulfide) groups is 1. The summed E-state index contributed by atoms with van der Waals surface area (Å²) >= 11 is 7.37. The third kappa shape index (κ3) is 3.70. The zero-order valence-electron chi connectivity index (χ0n) is 14.1. The predicted octanol–water partition coefficient (Wildman–Crippen LogP) is 3.65. The molecule has 8 heteroatoms. The Balaban J connectivity index is 1.51. The number of amides is 2. The second-order valence-electron chi connectivity index (χ2n) is 5.95. The predicted molar refractivity (Wildman–Crippen MR) is 105 cm³/mol. The van der Waals surface area contributed by atoms with Crippen molar-refractivity contribution in [3.05, 3.63) is 76.9 Å². The van der Waals surface area contributed by atoms with Gasteiger partial charge in [-0.1, -0.05) is 54.1 Å². The van der Waals surface area contributed by atoms with Crippen LogP contribution in [0.25, 0.3) is 11.3 Å². The molecule has 2 N–H and O–H groups in total. The van der Waals surface area contributed by atoms with Crippen molar-refractivity contribution in [3.8, 4) is 11.3 Å². The first-order chi connectivity index (χ1) is 13.1. The second-order valence-corrected chi connectivity index (χ2v) is 7.46. The topological polar surface area (TPSA) is 78.1 Å². The molecule has 3 aromatic rings. The first-order valence-corrected chi connectivity index (χ1v) is 9.65. The maximum Gasteiger partial charge on any atom is 0.287 e. The van der Waals surface area contributed by atoms with Crippen LogP contribution in [0.15, 0.2) is 60.7 Å². The summed E-state index contributed by atoms with van der Waals surface area (Å²) in [5.41, 5.74) is 5.39. The molecule has 1 fully saturated rings. The summed E-state index contributed by atoms with van der Waals surface area (Å²) in [6.45, 7) is 0. The zero-order chi connectivity index (χ0) is 18.8. The normalized spacial score (nSPS) is 16.6. The molecule has 1 unspecified atom stereocenters. The van der Waals surface area contributed by atoms with Gasteiger partial charge in [0.15, 0.2) is 0 Å². The van der Waals surface area contributed by atoms with E-state index in [1.165, 1.54) is 16.8 Å². The highest BCUT2D eigenvalue weighted by Crippen LogP contribution is 2.37. The van der Waals surface area contributed by atoms with Crippen molar-refractivity contribution in [2.45, 2.75) is 5.37 Å². The number of nitrogens with zero attached hydrogens (tertiary/aromatic N) is 2. The number of rotatable bonds is 4. The Morgan fingerprint density at radius 3 is 2.67 bits per heavy atom. The molecule has 0 radical (unpaired) electrons. The first-order valence-electron chi connectivity index (χ1n) is 8.23. The molecule has 2 amide bonds. The number of H-pyrrole nitrogens is 1. The third-order valence-electron chi connectivity index (χ3n) is 4.14. The molecular weight excluding hydrogens is 384 g/mol. The molecule has 0 bridgehead atoms. The Kier molecular flexibility index (Phi) is 4.87. The van der Waals surface area contributed by atoms with Gasteiger partial charge in [0, 0.05) is 10.6 Å². The number of hydrogen-bond donors (Lipinski definition) is 2. The quantitative estimate of drug-likeness (QED) is 0.703. The van der Waals surface area contributed by atoms with E-state index < -0.39 is 5.91 Å². The van der Waals surface area contributed by atoms with Gasteiger partial charge in [0.25, 0.3) is 11.8 Å². The van der Waals surface area contributed by atoms with Crippen molar-refractivity contribution in [1.29, 1.82) is 0 Å². The lowest BCUT2D eigenvalue weighted by molar-refractivity contribution is -0.130. The minimum atomic E-state index is -0.417. The Labute approximate surface area is 164 Å². The van der Waals surface area contributed by atoms with Crippen LogP contribution in [0.5, 0.6) is 0 Å². The van der Waals surface area contributed by atoms with Crippen LogP contribution in [0.4, 0.5) is 0 Å². The number of hydrazine groups is 1. The minimum Gasteiger partial charge on any atom is -0.272 e. The second kappa shape index (κ2) is 7.46. The van der Waals surface area contributed by atoms with Crippen LogP contribution in [0.3, 0.4) is 0 Å². The van der Waals surface area contributed by atoms with Gasteiger partial charge in [-0.05, 0) is 23.8 Å². The van der Waals surface area contributed by atoms with E-state index in [4.69, 9.17) is 11.6 Å². The fourth-order valence-electron chi connectivity index (χ4n) is 2.79. The lowest BCUT2D eigenvalue weighted by Crippen LogP contribution is -2.44. The highest BCUT2D eigenvalue weighted by atomic mass is 35.5. The van der Waals surface area contributed by atoms with Crippen molar-refractivity contribution >= 4 is 35.2 Å². The van der Waals surface area contributed by atoms with E-state index in [0.29, 0.717) is 16.5 Å². The first kappa shape index (κ1) is 17.6. The monoisotopic (exact) mass is 398 g/mol. The van der Waals surface area contributed by atoms with E-state index in [1.54, 1.807) is 18.2 Å². The molecule has 0 saturated carbocycles. The van der Waals surface area contributed by atoms with Crippen LogP contribution >= 0.6 is 23.4 Å². The lowest BCUT2D eigenvalue weighted by atomic mass is 10.1. The van der Waals surface area contributed by atoms with Gasteiger partial charge in [-0.15, -0.1) is 11.8 Å². The smallest absolute Gasteiger partial charge is 0.272 e. The standard InChI is InChI=1S/C19H15ClN4O2S/c20-14-8-6-12(7-9-14)15-10-16(22-21-15)18(26)23-24-17(25)11-27-19(24)13-4-2-1-3-5-13/h1-10,19H,11H2,(H,21,22)(H,23,26). The summed E-state index contributed by atoms with van der Waals surface area (Å²) in [6.07, 6.45) is 0. The summed E-state index contributed by atoms with van der Waals surface area (Å²) < 4.78 is 0. The Morgan fingerprint density at radius 2 is 1.93 bits per heavy atom. The van der Waals surface area contributed by atoms with Gasteiger partial charge < -0.3 is 0 Å². The lowest BCUT2D eigenvalue weighted by Gasteiger charge is -2.24. The number of carbonyl (C=O) groups is 2. The summed E-state index contributed by atoms with van der Waals surface area (Å²) in [7, 11) is 0. The number of aromatic nitrogens is 2. The number of carbonyl (C=O) groups excluding carboxylic acids is 2. The Morgan fingerprint density at radius 1 is 1.19 bits per heavy atom. The van der Waals surface area contributed by atoms with Crippen LogP contribution in [0.1, 0.15) is 21.4 Å². The highest BCUT2D eigenvalue weighted by molar-refractivity contribution is 8.00. The molecule has 136 valence electrons. The van der Waals surface area contributed by atoms with Gasteiger partial charge >= 0.3 is 0 Å². The van der Waals surface area contributed by atoms with E-state index in [9.17, 15) is 9.59 Å². The number of halogens is 1. The van der Waals surface area contributed by atoms with Crippen molar-refractivity contribution < 1.29 is 9.59 Å². The van der Waals surface area contributed by atoms with E-state index in [2.05, 4.69) is 15.6 Å². The van der Waals surface area contributed by atoms with Crippen LogP contribution < -0.4 is 5.43 Å². The summed E-state index contributed by atoms with van der Waals surface area (Å²) in [6, 6.07) is 18.4. The number of aromatic amines is 1. The molecule has 2 aromatic carbocycles. The molecule has 27 heavy (non-hydrogen) atoms. The number of benzene rings is 2. The van der Waals surface area contributed by atoms with Gasteiger partial charge in [0.1, 0.15) is 11.1 Å². The van der Waals surface area contributed by atoms with Gasteiger partial charge in [0.2, 0.25) is 0 Å². The van der Waals surface area contributed by atoms with E-state index in [1.807, 2.05) is 42.5 Å². The van der Waals surface area contributed by atoms with Crippen LogP contribution in [-0.4, -0.2) is 32.8 Å². The Hall–Kier alpha value is -2.77. The molecule has 2 heterocycles. The zero-order valence-corrected chi connectivity index (χ0v) is 15.6. The van der Waals surface area contributed by atoms with Crippen LogP contribution in [0.2, 0.25) is 5.02 Å². The summed E-state index contributed by atoms with van der Waals surface area (Å²) in [5.74, 6) is -0.238. The molecule has 1 aliphatic rings. The molecule has 1 saturated heterocycles. The molecule has 0 spiro atoms. The van der Waals surface area contributed by atoms with Gasteiger partial charge in [-0.3, -0.25) is 20.1 Å². The number of nitrogens with one attached hydrogen (secondary N) is 2. The molecule has 0 aliphatic carbocycles. The summed E-state index contributed by atoms with van der Waals surface area (Å²) in [4.78, 5) is 24.9. The van der Waals surface area contributed by atoms with E-state index in [0.717, 1.165) is 11.1 Å². The molecule has 1 aliphatic heterocycles. The molecule has 1 atom stereocenters. The van der Waals surface area contributed by atoms with Crippen molar-refractivity contribution in [1.82, 2.24) is 20.6 Å². The molecule has 4 rings (SSSR count). The largest absolute Gasteiger partial charge is 0.287 e. The molecule has 1 aromatic heterocycles. The van der Waals surface area contributed by atoms with Crippen molar-refractivity contribution in [2.24, 2.45) is 0 Å². The number of hydrogen-bond acceptors (Lipinski definition) is 4. The van der Waals surface area contributed by atoms with Crippen molar-refractivity contribution in [2.75, 3.05) is 5.75 Å². The third-order valence-corrected chi connectivity index (χ3v) is 5.60. The SMILES string of the molecule is O=C(NN1C(=O)CSC1c1ccccc1)c1cc(-c2ccc(Cl)cc2)n[nH]1. The Bertz CT molecular complexity index is 975. The fraction of sp³-hybridized carbons (Fsp3) is 0.105. The average molecular weight is 399 g/mol. The van der Waals surface area contributed by atoms with Crippen LogP contribution in [-0.2, 0) is 4.79 Å². The summed E-state index contributed by atoms with van der Waals surface area (Å²) in [5, 5.41) is 8.65. The molecular formula is C19H15ClN4O2S. The highest BCUT2D eigenvalue weighted by Gasteiger charge is 2.34.